The Bertz CT molecular complexity index is 917. The third-order valence-corrected chi connectivity index (χ3v) is 5.84. The molecule has 5 rings (SSSR count). The molecular weight excluding hydrogens is 320 g/mol. The van der Waals surface area contributed by atoms with E-state index in [1.54, 1.807) is 0 Å². The monoisotopic (exact) mass is 346 g/mol. The molecule has 1 saturated carbocycles. The second-order valence-corrected chi connectivity index (χ2v) is 7.76. The first-order valence-electron chi connectivity index (χ1n) is 9.77. The van der Waals surface area contributed by atoms with Crippen LogP contribution in [-0.4, -0.2) is 47.2 Å². The quantitative estimate of drug-likeness (QED) is 0.719. The van der Waals surface area contributed by atoms with Crippen molar-refractivity contribution < 1.29 is 0 Å². The van der Waals surface area contributed by atoms with E-state index in [0.717, 1.165) is 30.3 Å². The molecule has 1 aromatic heterocycles. The van der Waals surface area contributed by atoms with Gasteiger partial charge in [-0.05, 0) is 43.0 Å². The molecule has 134 valence electrons. The smallest absolute Gasteiger partial charge is 0.140 e. The predicted molar refractivity (Wildman–Crippen MR) is 108 cm³/mol. The number of fused-ring (bicyclic) bond motifs is 1. The summed E-state index contributed by atoms with van der Waals surface area (Å²) in [7, 11) is 2.11. The fraction of sp³-hybridized carbons (Fsp3) is 0.409. The fourth-order valence-electron chi connectivity index (χ4n) is 4.10. The molecule has 2 aliphatic rings. The number of para-hydroxylation sites is 2. The van der Waals surface area contributed by atoms with Crippen LogP contribution in [0.15, 0.2) is 48.5 Å². The van der Waals surface area contributed by atoms with Crippen LogP contribution in [0.4, 0.5) is 5.69 Å². The topological polar surface area (TPSA) is 24.3 Å². The lowest BCUT2D eigenvalue weighted by Gasteiger charge is -2.36. The number of benzene rings is 2. The molecular formula is C22H26N4. The SMILES string of the molecule is Cn1c(-c2cccc(N3CCN(CC4CC4)CC3)c2)nc2ccccc21. The van der Waals surface area contributed by atoms with Crippen molar-refractivity contribution in [3.8, 4) is 11.4 Å². The molecule has 0 unspecified atom stereocenters. The Morgan fingerprint density at radius 1 is 0.962 bits per heavy atom. The van der Waals surface area contributed by atoms with Crippen molar-refractivity contribution in [1.82, 2.24) is 14.5 Å². The number of imidazole rings is 1. The largest absolute Gasteiger partial charge is 0.369 e. The van der Waals surface area contributed by atoms with E-state index in [0.29, 0.717) is 0 Å². The molecule has 4 nitrogen and oxygen atoms in total. The standard InChI is InChI=1S/C22H26N4/c1-24-21-8-3-2-7-20(21)23-22(24)18-5-4-6-19(15-18)26-13-11-25(12-14-26)16-17-9-10-17/h2-8,15,17H,9-14,16H2,1H3. The molecule has 0 atom stereocenters. The lowest BCUT2D eigenvalue weighted by Crippen LogP contribution is -2.47. The summed E-state index contributed by atoms with van der Waals surface area (Å²) >= 11 is 0. The summed E-state index contributed by atoms with van der Waals surface area (Å²) in [5.74, 6) is 2.03. The Morgan fingerprint density at radius 2 is 1.77 bits per heavy atom. The molecule has 2 heterocycles. The minimum atomic E-state index is 0.988. The van der Waals surface area contributed by atoms with Crippen LogP contribution in [0, 0.1) is 5.92 Å². The zero-order valence-electron chi connectivity index (χ0n) is 15.4. The number of nitrogens with zero attached hydrogens (tertiary/aromatic N) is 4. The van der Waals surface area contributed by atoms with Crippen molar-refractivity contribution in [3.05, 3.63) is 48.5 Å². The first-order valence-corrected chi connectivity index (χ1v) is 9.77. The number of anilines is 1. The first-order chi connectivity index (χ1) is 12.8. The van der Waals surface area contributed by atoms with Crippen LogP contribution in [0.1, 0.15) is 12.8 Å². The number of aromatic nitrogens is 2. The first kappa shape index (κ1) is 15.9. The van der Waals surface area contributed by atoms with Crippen molar-refractivity contribution in [2.24, 2.45) is 13.0 Å². The highest BCUT2D eigenvalue weighted by Crippen LogP contribution is 2.31. The summed E-state index contributed by atoms with van der Waals surface area (Å²) in [6.45, 7) is 5.94. The van der Waals surface area contributed by atoms with E-state index in [9.17, 15) is 0 Å². The van der Waals surface area contributed by atoms with Crippen molar-refractivity contribution >= 4 is 16.7 Å². The van der Waals surface area contributed by atoms with Gasteiger partial charge in [0.25, 0.3) is 0 Å². The van der Waals surface area contributed by atoms with Gasteiger partial charge in [-0.1, -0.05) is 24.3 Å². The molecule has 26 heavy (non-hydrogen) atoms. The highest BCUT2D eigenvalue weighted by atomic mass is 15.3. The lowest BCUT2D eigenvalue weighted by molar-refractivity contribution is 0.248. The molecule has 0 bridgehead atoms. The van der Waals surface area contributed by atoms with Gasteiger partial charge in [0.2, 0.25) is 0 Å². The number of hydrogen-bond acceptors (Lipinski definition) is 3. The summed E-state index contributed by atoms with van der Waals surface area (Å²) in [6, 6.07) is 17.2. The maximum Gasteiger partial charge on any atom is 0.140 e. The van der Waals surface area contributed by atoms with Crippen LogP contribution >= 0.6 is 0 Å². The second-order valence-electron chi connectivity index (χ2n) is 7.76. The molecule has 0 amide bonds. The van der Waals surface area contributed by atoms with Crippen molar-refractivity contribution in [2.45, 2.75) is 12.8 Å². The summed E-state index contributed by atoms with van der Waals surface area (Å²) in [6.07, 6.45) is 2.89. The summed E-state index contributed by atoms with van der Waals surface area (Å²) in [4.78, 5) is 10.0. The van der Waals surface area contributed by atoms with E-state index in [1.165, 1.54) is 49.2 Å². The normalized spacial score (nSPS) is 18.6. The van der Waals surface area contributed by atoms with Gasteiger partial charge in [-0.15, -0.1) is 0 Å². The highest BCUT2D eigenvalue weighted by Gasteiger charge is 2.26. The predicted octanol–water partition coefficient (Wildman–Crippen LogP) is 3.77. The van der Waals surface area contributed by atoms with Gasteiger partial charge in [0, 0.05) is 51.0 Å². The third-order valence-electron chi connectivity index (χ3n) is 5.84. The van der Waals surface area contributed by atoms with Gasteiger partial charge in [-0.2, -0.15) is 0 Å². The molecule has 3 aromatic rings. The van der Waals surface area contributed by atoms with Crippen molar-refractivity contribution in [1.29, 1.82) is 0 Å². The van der Waals surface area contributed by atoms with Crippen LogP contribution in [0.5, 0.6) is 0 Å². The van der Waals surface area contributed by atoms with E-state index >= 15 is 0 Å². The van der Waals surface area contributed by atoms with E-state index in [1.807, 2.05) is 0 Å². The van der Waals surface area contributed by atoms with E-state index < -0.39 is 0 Å². The Labute approximate surface area is 155 Å². The lowest BCUT2D eigenvalue weighted by atomic mass is 10.1. The highest BCUT2D eigenvalue weighted by molar-refractivity contribution is 5.81. The van der Waals surface area contributed by atoms with Gasteiger partial charge in [0.1, 0.15) is 5.82 Å². The fourth-order valence-corrected chi connectivity index (χ4v) is 4.10. The molecule has 0 spiro atoms. The molecule has 1 aliphatic carbocycles. The Morgan fingerprint density at radius 3 is 2.54 bits per heavy atom. The Hall–Kier alpha value is -2.33. The molecule has 0 radical (unpaired) electrons. The average Bonchev–Trinajstić information content (AvgIpc) is 3.44. The zero-order valence-corrected chi connectivity index (χ0v) is 15.4. The van der Waals surface area contributed by atoms with Crippen molar-refractivity contribution in [2.75, 3.05) is 37.6 Å². The molecule has 4 heteroatoms. The van der Waals surface area contributed by atoms with Gasteiger partial charge in [0.15, 0.2) is 0 Å². The minimum Gasteiger partial charge on any atom is -0.369 e. The van der Waals surface area contributed by atoms with E-state index in [4.69, 9.17) is 4.98 Å². The number of aryl methyl sites for hydroxylation is 1. The second kappa shape index (κ2) is 6.44. The van der Waals surface area contributed by atoms with Crippen LogP contribution in [0.2, 0.25) is 0 Å². The zero-order chi connectivity index (χ0) is 17.5. The van der Waals surface area contributed by atoms with Gasteiger partial charge in [-0.25, -0.2) is 4.98 Å². The van der Waals surface area contributed by atoms with Crippen LogP contribution in [0.3, 0.4) is 0 Å². The average molecular weight is 346 g/mol. The van der Waals surface area contributed by atoms with Crippen LogP contribution < -0.4 is 4.90 Å². The molecule has 1 saturated heterocycles. The van der Waals surface area contributed by atoms with Gasteiger partial charge < -0.3 is 9.47 Å². The number of piperazine rings is 1. The molecule has 2 fully saturated rings. The minimum absolute atomic E-state index is 0.988. The van der Waals surface area contributed by atoms with Gasteiger partial charge in [-0.3, -0.25) is 4.90 Å². The Kier molecular flexibility index (Phi) is 3.93. The van der Waals surface area contributed by atoms with E-state index in [-0.39, 0.29) is 0 Å². The van der Waals surface area contributed by atoms with Crippen LogP contribution in [-0.2, 0) is 7.05 Å². The van der Waals surface area contributed by atoms with Gasteiger partial charge >= 0.3 is 0 Å². The molecule has 1 aliphatic heterocycles. The Balaban J connectivity index is 1.37. The molecule has 0 N–H and O–H groups in total. The third kappa shape index (κ3) is 2.99. The van der Waals surface area contributed by atoms with E-state index in [2.05, 4.69) is 69.9 Å². The summed E-state index contributed by atoms with van der Waals surface area (Å²) in [5, 5.41) is 0. The number of hydrogen-bond donors (Lipinski definition) is 0. The summed E-state index contributed by atoms with van der Waals surface area (Å²) in [5.41, 5.74) is 4.76. The maximum absolute atomic E-state index is 4.86. The maximum atomic E-state index is 4.86. The molecule has 2 aromatic carbocycles. The van der Waals surface area contributed by atoms with Gasteiger partial charge in [0.05, 0.1) is 11.0 Å². The van der Waals surface area contributed by atoms with Crippen molar-refractivity contribution in [3.63, 3.8) is 0 Å². The summed E-state index contributed by atoms with van der Waals surface area (Å²) < 4.78 is 2.20. The number of rotatable bonds is 4. The van der Waals surface area contributed by atoms with Crippen LogP contribution in [0.25, 0.3) is 22.4 Å².